The van der Waals surface area contributed by atoms with E-state index in [0.717, 1.165) is 30.8 Å². The number of rotatable bonds is 5. The first-order valence-corrected chi connectivity index (χ1v) is 9.35. The van der Waals surface area contributed by atoms with E-state index in [4.69, 9.17) is 4.74 Å². The van der Waals surface area contributed by atoms with Crippen molar-refractivity contribution in [3.63, 3.8) is 0 Å². The second-order valence-corrected chi connectivity index (χ2v) is 6.83. The van der Waals surface area contributed by atoms with Gasteiger partial charge < -0.3 is 10.1 Å². The topological polar surface area (TPSA) is 78.2 Å². The normalized spacial score (nSPS) is 12.9. The minimum Gasteiger partial charge on any atom is -0.493 e. The summed E-state index contributed by atoms with van der Waals surface area (Å²) < 4.78 is 8.30. The molecule has 1 amide bonds. The maximum absolute atomic E-state index is 12.6. The van der Waals surface area contributed by atoms with Crippen LogP contribution in [0.15, 0.2) is 53.3 Å². The number of ether oxygens (including phenoxy) is 1. The number of nitrogens with one attached hydrogen (secondary N) is 1. The summed E-state index contributed by atoms with van der Waals surface area (Å²) in [5.41, 5.74) is 2.53. The van der Waals surface area contributed by atoms with Crippen LogP contribution in [-0.2, 0) is 24.3 Å². The van der Waals surface area contributed by atoms with Crippen LogP contribution in [0.4, 0.5) is 0 Å². The average Bonchev–Trinajstić information content (AvgIpc) is 3.01. The summed E-state index contributed by atoms with van der Waals surface area (Å²) in [6.45, 7) is 2.82. The largest absolute Gasteiger partial charge is 0.493 e. The minimum atomic E-state index is -0.329. The van der Waals surface area contributed by atoms with Gasteiger partial charge in [-0.1, -0.05) is 30.3 Å². The number of hydrogen-bond donors (Lipinski definition) is 1. The molecule has 7 heteroatoms. The van der Waals surface area contributed by atoms with Gasteiger partial charge in [-0.25, -0.2) is 4.79 Å². The van der Waals surface area contributed by atoms with Crippen LogP contribution in [-0.4, -0.2) is 26.9 Å². The van der Waals surface area contributed by atoms with Crippen molar-refractivity contribution < 1.29 is 9.53 Å². The molecular formula is C21H22N4O3. The Morgan fingerprint density at radius 3 is 2.86 bits per heavy atom. The van der Waals surface area contributed by atoms with Gasteiger partial charge in [-0.2, -0.15) is 9.78 Å². The molecule has 0 spiro atoms. The van der Waals surface area contributed by atoms with Crippen LogP contribution in [0, 0.1) is 6.92 Å². The van der Waals surface area contributed by atoms with Gasteiger partial charge in [0.25, 0.3) is 0 Å². The van der Waals surface area contributed by atoms with Gasteiger partial charge in [0.1, 0.15) is 18.1 Å². The molecule has 1 aliphatic rings. The van der Waals surface area contributed by atoms with Gasteiger partial charge in [0, 0.05) is 6.54 Å². The Labute approximate surface area is 162 Å². The molecule has 1 aromatic heterocycles. The van der Waals surface area contributed by atoms with Crippen LogP contribution in [0.25, 0.3) is 5.69 Å². The number of aromatic nitrogens is 3. The molecule has 3 aromatic rings. The highest BCUT2D eigenvalue weighted by Gasteiger charge is 2.15. The molecular weight excluding hydrogens is 356 g/mol. The highest BCUT2D eigenvalue weighted by molar-refractivity contribution is 5.75. The van der Waals surface area contributed by atoms with Crippen molar-refractivity contribution in [2.24, 2.45) is 0 Å². The third kappa shape index (κ3) is 3.69. The molecule has 2 heterocycles. The number of hydrogen-bond acceptors (Lipinski definition) is 4. The Hall–Kier alpha value is -3.35. The molecule has 1 aliphatic heterocycles. The molecule has 0 saturated heterocycles. The third-order valence-corrected chi connectivity index (χ3v) is 4.81. The number of para-hydroxylation sites is 1. The SMILES string of the molecule is Cc1nn(-c2ccccc2)c(=O)n1CC(=O)NCc1ccc2c(c1)CCCO2. The lowest BCUT2D eigenvalue weighted by atomic mass is 10.0. The van der Waals surface area contributed by atoms with E-state index in [1.165, 1.54) is 14.8 Å². The zero-order chi connectivity index (χ0) is 19.5. The summed E-state index contributed by atoms with van der Waals surface area (Å²) in [6, 6.07) is 15.1. The zero-order valence-corrected chi connectivity index (χ0v) is 15.7. The fourth-order valence-corrected chi connectivity index (χ4v) is 3.34. The van der Waals surface area contributed by atoms with Crippen LogP contribution in [0.1, 0.15) is 23.4 Å². The van der Waals surface area contributed by atoms with Crippen molar-refractivity contribution in [1.29, 1.82) is 0 Å². The Kier molecular flexibility index (Phi) is 4.97. The standard InChI is InChI=1S/C21H22N4O3/c1-15-23-25(18-7-3-2-4-8-18)21(27)24(15)14-20(26)22-13-16-9-10-19-17(12-16)6-5-11-28-19/h2-4,7-10,12H,5-6,11,13-14H2,1H3,(H,22,26). The van der Waals surface area contributed by atoms with Crippen molar-refractivity contribution in [2.75, 3.05) is 6.61 Å². The van der Waals surface area contributed by atoms with E-state index in [1.54, 1.807) is 19.1 Å². The summed E-state index contributed by atoms with van der Waals surface area (Å²) >= 11 is 0. The van der Waals surface area contributed by atoms with E-state index in [-0.39, 0.29) is 18.1 Å². The fraction of sp³-hybridized carbons (Fsp3) is 0.286. The van der Waals surface area contributed by atoms with E-state index >= 15 is 0 Å². The molecule has 1 N–H and O–H groups in total. The first kappa shape index (κ1) is 18.0. The van der Waals surface area contributed by atoms with E-state index in [9.17, 15) is 9.59 Å². The van der Waals surface area contributed by atoms with Crippen molar-refractivity contribution in [3.8, 4) is 11.4 Å². The van der Waals surface area contributed by atoms with Crippen LogP contribution >= 0.6 is 0 Å². The summed E-state index contributed by atoms with van der Waals surface area (Å²) in [5.74, 6) is 1.19. The molecule has 0 saturated carbocycles. The molecule has 0 bridgehead atoms. The predicted molar refractivity (Wildman–Crippen MR) is 105 cm³/mol. The minimum absolute atomic E-state index is 0.0639. The Bertz CT molecular complexity index is 1050. The van der Waals surface area contributed by atoms with E-state index in [2.05, 4.69) is 16.5 Å². The number of benzene rings is 2. The van der Waals surface area contributed by atoms with Gasteiger partial charge >= 0.3 is 5.69 Å². The molecule has 0 atom stereocenters. The molecule has 0 aliphatic carbocycles. The smallest absolute Gasteiger partial charge is 0.351 e. The Balaban J connectivity index is 1.43. The molecule has 0 unspecified atom stereocenters. The number of nitrogens with zero attached hydrogens (tertiary/aromatic N) is 3. The van der Waals surface area contributed by atoms with Crippen molar-refractivity contribution >= 4 is 5.91 Å². The maximum atomic E-state index is 12.6. The molecule has 4 rings (SSSR count). The molecule has 144 valence electrons. The Morgan fingerprint density at radius 2 is 2.04 bits per heavy atom. The Morgan fingerprint density at radius 1 is 1.21 bits per heavy atom. The van der Waals surface area contributed by atoms with E-state index < -0.39 is 0 Å². The highest BCUT2D eigenvalue weighted by Crippen LogP contribution is 2.25. The number of fused-ring (bicyclic) bond motifs is 1. The van der Waals surface area contributed by atoms with Gasteiger partial charge in [0.15, 0.2) is 0 Å². The first-order chi connectivity index (χ1) is 13.6. The lowest BCUT2D eigenvalue weighted by Gasteiger charge is -2.18. The molecule has 0 fully saturated rings. The molecule has 0 radical (unpaired) electrons. The third-order valence-electron chi connectivity index (χ3n) is 4.81. The summed E-state index contributed by atoms with van der Waals surface area (Å²) in [6.07, 6.45) is 2.00. The van der Waals surface area contributed by atoms with Crippen LogP contribution in [0.2, 0.25) is 0 Å². The average molecular weight is 378 g/mol. The lowest BCUT2D eigenvalue weighted by molar-refractivity contribution is -0.121. The van der Waals surface area contributed by atoms with Crippen LogP contribution in [0.3, 0.4) is 0 Å². The molecule has 28 heavy (non-hydrogen) atoms. The monoisotopic (exact) mass is 378 g/mol. The molecule has 7 nitrogen and oxygen atoms in total. The van der Waals surface area contributed by atoms with Crippen molar-refractivity contribution in [2.45, 2.75) is 32.9 Å². The van der Waals surface area contributed by atoms with Crippen molar-refractivity contribution in [3.05, 3.63) is 76.0 Å². The van der Waals surface area contributed by atoms with Crippen molar-refractivity contribution in [1.82, 2.24) is 19.7 Å². The highest BCUT2D eigenvalue weighted by atomic mass is 16.5. The molecule has 2 aromatic carbocycles. The summed E-state index contributed by atoms with van der Waals surface area (Å²) in [4.78, 5) is 25.0. The lowest BCUT2D eigenvalue weighted by Crippen LogP contribution is -2.33. The van der Waals surface area contributed by atoms with Gasteiger partial charge in [0.05, 0.1) is 12.3 Å². The van der Waals surface area contributed by atoms with Crippen LogP contribution in [0.5, 0.6) is 5.75 Å². The summed E-state index contributed by atoms with van der Waals surface area (Å²) in [7, 11) is 0. The second-order valence-electron chi connectivity index (χ2n) is 6.83. The van der Waals surface area contributed by atoms with Crippen LogP contribution < -0.4 is 15.7 Å². The number of carbonyl (C=O) groups excluding carboxylic acids is 1. The van der Waals surface area contributed by atoms with Gasteiger partial charge in [-0.05, 0) is 49.1 Å². The van der Waals surface area contributed by atoms with Gasteiger partial charge in [-0.15, -0.1) is 0 Å². The van der Waals surface area contributed by atoms with E-state index in [0.29, 0.717) is 18.1 Å². The summed E-state index contributed by atoms with van der Waals surface area (Å²) in [5, 5.41) is 7.15. The first-order valence-electron chi connectivity index (χ1n) is 9.35. The zero-order valence-electron chi connectivity index (χ0n) is 15.7. The predicted octanol–water partition coefficient (Wildman–Crippen LogP) is 1.98. The van der Waals surface area contributed by atoms with Gasteiger partial charge in [-0.3, -0.25) is 9.36 Å². The fourth-order valence-electron chi connectivity index (χ4n) is 3.34. The number of amides is 1. The number of aryl methyl sites for hydroxylation is 2. The quantitative estimate of drug-likeness (QED) is 0.736. The van der Waals surface area contributed by atoms with Gasteiger partial charge in [0.2, 0.25) is 5.91 Å². The maximum Gasteiger partial charge on any atom is 0.351 e. The van der Waals surface area contributed by atoms with E-state index in [1.807, 2.05) is 30.3 Å². The number of carbonyl (C=O) groups is 1. The second kappa shape index (κ2) is 7.72.